The van der Waals surface area contributed by atoms with Crippen LogP contribution in [0.1, 0.15) is 64.7 Å². The summed E-state index contributed by atoms with van der Waals surface area (Å²) in [5, 5.41) is 0.743. The van der Waals surface area contributed by atoms with Gasteiger partial charge in [-0.05, 0) is 38.0 Å². The van der Waals surface area contributed by atoms with Gasteiger partial charge in [0.1, 0.15) is 0 Å². The number of hydrogen-bond acceptors (Lipinski definition) is 2. The minimum Gasteiger partial charge on any atom is -0.327 e. The molecule has 0 aromatic rings. The Hall–Kier alpha value is 0.110. The van der Waals surface area contributed by atoms with Crippen LogP contribution in [0, 0.1) is 5.92 Å². The Bertz CT molecular complexity index is 263. The van der Waals surface area contributed by atoms with Gasteiger partial charge in [0, 0.05) is 22.1 Å². The van der Waals surface area contributed by atoms with Gasteiger partial charge in [-0.15, -0.1) is 0 Å². The van der Waals surface area contributed by atoms with E-state index in [9.17, 15) is 4.21 Å². The third-order valence-electron chi connectivity index (χ3n) is 4.71. The lowest BCUT2D eigenvalue weighted by molar-refractivity contribution is 0.322. The molecular weight excluding hydrogens is 230 g/mol. The molecule has 2 N–H and O–H groups in total. The summed E-state index contributed by atoms with van der Waals surface area (Å²) >= 11 is 0. The van der Waals surface area contributed by atoms with Crippen molar-refractivity contribution >= 4 is 10.8 Å². The van der Waals surface area contributed by atoms with Crippen LogP contribution in [0.5, 0.6) is 0 Å². The minimum absolute atomic E-state index is 0.195. The van der Waals surface area contributed by atoms with Crippen molar-refractivity contribution in [1.29, 1.82) is 0 Å². The molecule has 0 bridgehead atoms. The van der Waals surface area contributed by atoms with Crippen LogP contribution in [0.4, 0.5) is 0 Å². The molecule has 0 amide bonds. The van der Waals surface area contributed by atoms with Crippen molar-refractivity contribution in [3.63, 3.8) is 0 Å². The van der Waals surface area contributed by atoms with Crippen molar-refractivity contribution < 1.29 is 4.21 Å². The summed E-state index contributed by atoms with van der Waals surface area (Å²) in [6, 6.07) is 0.195. The summed E-state index contributed by atoms with van der Waals surface area (Å²) in [7, 11) is -0.670. The first-order valence-electron chi connectivity index (χ1n) is 7.37. The van der Waals surface area contributed by atoms with E-state index in [0.29, 0.717) is 5.25 Å². The van der Waals surface area contributed by atoms with E-state index in [2.05, 4.69) is 6.92 Å². The van der Waals surface area contributed by atoms with E-state index in [1.54, 1.807) is 0 Å². The van der Waals surface area contributed by atoms with Crippen LogP contribution in [0.15, 0.2) is 0 Å². The van der Waals surface area contributed by atoms with Crippen molar-refractivity contribution in [2.75, 3.05) is 0 Å². The van der Waals surface area contributed by atoms with Gasteiger partial charge in [0.25, 0.3) is 0 Å². The quantitative estimate of drug-likeness (QED) is 0.844. The van der Waals surface area contributed by atoms with Crippen LogP contribution in [0.2, 0.25) is 0 Å². The molecule has 2 fully saturated rings. The predicted molar refractivity (Wildman–Crippen MR) is 74.4 cm³/mol. The Kier molecular flexibility index (Phi) is 5.04. The molecular formula is C14H27NOS. The molecule has 0 radical (unpaired) electrons. The summed E-state index contributed by atoms with van der Waals surface area (Å²) in [5.74, 6) is 0.771. The van der Waals surface area contributed by atoms with Crippen molar-refractivity contribution in [3.8, 4) is 0 Å². The molecule has 2 aliphatic rings. The normalized spacial score (nSPS) is 37.9. The van der Waals surface area contributed by atoms with E-state index in [4.69, 9.17) is 5.73 Å². The number of rotatable bonds is 3. The second-order valence-corrected chi connectivity index (χ2v) is 7.81. The number of nitrogens with two attached hydrogens (primary N) is 1. The molecule has 17 heavy (non-hydrogen) atoms. The fourth-order valence-corrected chi connectivity index (χ4v) is 5.65. The van der Waals surface area contributed by atoms with Gasteiger partial charge in [0.15, 0.2) is 0 Å². The van der Waals surface area contributed by atoms with Gasteiger partial charge in [-0.25, -0.2) is 0 Å². The van der Waals surface area contributed by atoms with Crippen molar-refractivity contribution in [3.05, 3.63) is 0 Å². The van der Waals surface area contributed by atoms with Gasteiger partial charge in [0.2, 0.25) is 0 Å². The van der Waals surface area contributed by atoms with E-state index in [-0.39, 0.29) is 11.3 Å². The molecule has 0 aliphatic heterocycles. The van der Waals surface area contributed by atoms with Gasteiger partial charge in [-0.2, -0.15) is 0 Å². The van der Waals surface area contributed by atoms with E-state index in [1.165, 1.54) is 44.9 Å². The molecule has 4 unspecified atom stereocenters. The average Bonchev–Trinajstić information content (AvgIpc) is 2.39. The van der Waals surface area contributed by atoms with Crippen LogP contribution in [-0.4, -0.2) is 20.8 Å². The highest BCUT2D eigenvalue weighted by Crippen LogP contribution is 2.33. The smallest absolute Gasteiger partial charge is 0.0504 e. The molecule has 0 saturated heterocycles. The maximum absolute atomic E-state index is 12.7. The highest BCUT2D eigenvalue weighted by atomic mass is 32.2. The van der Waals surface area contributed by atoms with Gasteiger partial charge < -0.3 is 5.73 Å². The van der Waals surface area contributed by atoms with Gasteiger partial charge in [-0.1, -0.05) is 32.6 Å². The van der Waals surface area contributed by atoms with Crippen molar-refractivity contribution in [2.24, 2.45) is 11.7 Å². The molecule has 0 heterocycles. The Morgan fingerprint density at radius 2 is 1.82 bits per heavy atom. The molecule has 2 aliphatic carbocycles. The monoisotopic (exact) mass is 257 g/mol. The molecule has 3 heteroatoms. The zero-order chi connectivity index (χ0) is 12.3. The maximum atomic E-state index is 12.7. The lowest BCUT2D eigenvalue weighted by Gasteiger charge is -2.36. The molecule has 2 nitrogen and oxygen atoms in total. The second-order valence-electron chi connectivity index (χ2n) is 5.88. The maximum Gasteiger partial charge on any atom is 0.0504 e. The van der Waals surface area contributed by atoms with E-state index < -0.39 is 10.8 Å². The molecule has 4 atom stereocenters. The van der Waals surface area contributed by atoms with Crippen LogP contribution in [0.3, 0.4) is 0 Å². The van der Waals surface area contributed by atoms with Gasteiger partial charge in [-0.3, -0.25) is 4.21 Å². The summed E-state index contributed by atoms with van der Waals surface area (Å²) < 4.78 is 12.7. The van der Waals surface area contributed by atoms with Crippen molar-refractivity contribution in [1.82, 2.24) is 0 Å². The summed E-state index contributed by atoms with van der Waals surface area (Å²) in [6.45, 7) is 2.25. The minimum atomic E-state index is -0.670. The largest absolute Gasteiger partial charge is 0.327 e. The lowest BCUT2D eigenvalue weighted by Crippen LogP contribution is -2.45. The first kappa shape index (κ1) is 13.5. The highest BCUT2D eigenvalue weighted by Gasteiger charge is 2.35. The fourth-order valence-electron chi connectivity index (χ4n) is 3.42. The van der Waals surface area contributed by atoms with Gasteiger partial charge in [0.05, 0.1) is 5.25 Å². The summed E-state index contributed by atoms with van der Waals surface area (Å²) in [5.41, 5.74) is 6.21. The molecule has 0 spiro atoms. The number of hydrogen-bond donors (Lipinski definition) is 1. The zero-order valence-corrected chi connectivity index (χ0v) is 11.9. The van der Waals surface area contributed by atoms with E-state index in [0.717, 1.165) is 18.8 Å². The van der Waals surface area contributed by atoms with Gasteiger partial charge >= 0.3 is 0 Å². The molecule has 100 valence electrons. The summed E-state index contributed by atoms with van der Waals surface area (Å²) in [4.78, 5) is 0. The Balaban J connectivity index is 1.95. The Labute approximate surface area is 108 Å². The SMILES string of the molecule is CCC1CCC(N)C(S(=O)C2CCCCC2)C1. The Morgan fingerprint density at radius 3 is 2.47 bits per heavy atom. The summed E-state index contributed by atoms with van der Waals surface area (Å²) in [6.07, 6.45) is 10.9. The predicted octanol–water partition coefficient (Wildman–Crippen LogP) is 2.97. The standard InChI is InChI=1S/C14H27NOS/c1-2-11-8-9-13(15)14(10-11)17(16)12-6-4-3-5-7-12/h11-14H,2-10,15H2,1H3. The molecule has 2 rings (SSSR count). The third kappa shape index (κ3) is 3.31. The van der Waals surface area contributed by atoms with Crippen molar-refractivity contribution in [2.45, 2.75) is 81.3 Å². The third-order valence-corrected chi connectivity index (χ3v) is 6.98. The van der Waals surface area contributed by atoms with Crippen LogP contribution in [0.25, 0.3) is 0 Å². The van der Waals surface area contributed by atoms with E-state index >= 15 is 0 Å². The Morgan fingerprint density at radius 1 is 1.12 bits per heavy atom. The first-order valence-corrected chi connectivity index (χ1v) is 8.65. The first-order chi connectivity index (χ1) is 8.22. The molecule has 2 saturated carbocycles. The van der Waals surface area contributed by atoms with Crippen LogP contribution in [-0.2, 0) is 10.8 Å². The average molecular weight is 257 g/mol. The molecule has 0 aromatic carbocycles. The van der Waals surface area contributed by atoms with E-state index in [1.807, 2.05) is 0 Å². The van der Waals surface area contributed by atoms with Crippen LogP contribution < -0.4 is 5.73 Å². The topological polar surface area (TPSA) is 43.1 Å². The second kappa shape index (κ2) is 6.33. The fraction of sp³-hybridized carbons (Fsp3) is 1.00. The zero-order valence-electron chi connectivity index (χ0n) is 11.1. The lowest BCUT2D eigenvalue weighted by atomic mass is 9.84. The molecule has 0 aromatic heterocycles. The highest BCUT2D eigenvalue weighted by molar-refractivity contribution is 7.86. The van der Waals surface area contributed by atoms with Crippen LogP contribution >= 0.6 is 0 Å².